The van der Waals surface area contributed by atoms with E-state index in [2.05, 4.69) is 4.98 Å². The fourth-order valence-corrected chi connectivity index (χ4v) is 2.40. The third kappa shape index (κ3) is 1.76. The maximum Gasteiger partial charge on any atom is 0.355 e. The van der Waals surface area contributed by atoms with E-state index < -0.39 is 11.6 Å². The van der Waals surface area contributed by atoms with E-state index >= 15 is 0 Å². The summed E-state index contributed by atoms with van der Waals surface area (Å²) in [7, 11) is 1.37. The van der Waals surface area contributed by atoms with Gasteiger partial charge in [0.15, 0.2) is 0 Å². The Balaban J connectivity index is 2.10. The minimum Gasteiger partial charge on any atom is -0.470 e. The molecule has 2 heterocycles. The number of hydrogen-bond donors (Lipinski definition) is 0. The van der Waals surface area contributed by atoms with Gasteiger partial charge in [-0.05, 0) is 6.07 Å². The Morgan fingerprint density at radius 3 is 2.79 bits per heavy atom. The molecule has 4 heteroatoms. The minimum atomic E-state index is -1.10. The molecular weight excluding hydrogens is 242 g/mol. The fraction of sp³-hybridized carbons (Fsp3) is 0.200. The lowest BCUT2D eigenvalue weighted by Crippen LogP contribution is -2.41. The first-order valence-electron chi connectivity index (χ1n) is 6.02. The summed E-state index contributed by atoms with van der Waals surface area (Å²) in [5, 5.41) is 0. The largest absolute Gasteiger partial charge is 0.470 e. The molecule has 0 fully saturated rings. The van der Waals surface area contributed by atoms with Gasteiger partial charge in [-0.2, -0.15) is 0 Å². The summed E-state index contributed by atoms with van der Waals surface area (Å²) in [4.78, 5) is 16.3. The van der Waals surface area contributed by atoms with Crippen LogP contribution in [0.5, 0.6) is 5.75 Å². The molecule has 1 unspecified atom stereocenters. The second-order valence-corrected chi connectivity index (χ2v) is 4.45. The summed E-state index contributed by atoms with van der Waals surface area (Å²) >= 11 is 0. The standard InChI is InChI=1S/C15H13NO3/c1-18-14(17)15(12-5-3-2-4-6-12)9-11-10-16-8-7-13(11)19-15/h2-8,10H,9H2,1H3. The number of hydrogen-bond acceptors (Lipinski definition) is 4. The second kappa shape index (κ2) is 4.39. The zero-order valence-electron chi connectivity index (χ0n) is 10.5. The molecule has 0 amide bonds. The zero-order chi connectivity index (χ0) is 13.3. The maximum absolute atomic E-state index is 12.2. The molecule has 0 spiro atoms. The topological polar surface area (TPSA) is 48.4 Å². The highest BCUT2D eigenvalue weighted by Gasteiger charge is 2.49. The van der Waals surface area contributed by atoms with Crippen molar-refractivity contribution < 1.29 is 14.3 Å². The van der Waals surface area contributed by atoms with Crippen molar-refractivity contribution >= 4 is 5.97 Å². The molecule has 0 radical (unpaired) electrons. The van der Waals surface area contributed by atoms with Crippen molar-refractivity contribution in [1.29, 1.82) is 0 Å². The molecular formula is C15H13NO3. The number of carbonyl (C=O) groups is 1. The summed E-state index contributed by atoms with van der Waals surface area (Å²) in [5.41, 5.74) is 0.608. The second-order valence-electron chi connectivity index (χ2n) is 4.45. The highest BCUT2D eigenvalue weighted by molar-refractivity contribution is 5.83. The molecule has 1 aromatic heterocycles. The van der Waals surface area contributed by atoms with Crippen LogP contribution in [0, 0.1) is 0 Å². The van der Waals surface area contributed by atoms with Crippen LogP contribution >= 0.6 is 0 Å². The van der Waals surface area contributed by atoms with E-state index in [1.807, 2.05) is 30.3 Å². The maximum atomic E-state index is 12.2. The van der Waals surface area contributed by atoms with E-state index in [4.69, 9.17) is 9.47 Å². The number of methoxy groups -OCH3 is 1. The number of esters is 1. The molecule has 0 bridgehead atoms. The van der Waals surface area contributed by atoms with E-state index in [-0.39, 0.29) is 0 Å². The number of aromatic nitrogens is 1. The number of nitrogens with zero attached hydrogens (tertiary/aromatic N) is 1. The van der Waals surface area contributed by atoms with Gasteiger partial charge >= 0.3 is 5.97 Å². The van der Waals surface area contributed by atoms with Crippen molar-refractivity contribution in [3.05, 3.63) is 59.9 Å². The normalized spacial score (nSPS) is 20.5. The summed E-state index contributed by atoms with van der Waals surface area (Å²) in [6, 6.07) is 11.2. The van der Waals surface area contributed by atoms with Gasteiger partial charge in [-0.1, -0.05) is 30.3 Å². The average Bonchev–Trinajstić information content (AvgIpc) is 2.88. The first-order valence-corrected chi connectivity index (χ1v) is 6.02. The lowest BCUT2D eigenvalue weighted by atomic mass is 9.89. The molecule has 1 aliphatic rings. The number of carbonyl (C=O) groups excluding carboxylic acids is 1. The molecule has 96 valence electrons. The van der Waals surface area contributed by atoms with E-state index in [9.17, 15) is 4.79 Å². The van der Waals surface area contributed by atoms with Gasteiger partial charge in [-0.3, -0.25) is 4.98 Å². The Labute approximate surface area is 111 Å². The Hall–Kier alpha value is -2.36. The van der Waals surface area contributed by atoms with Crippen LogP contribution in [-0.4, -0.2) is 18.1 Å². The van der Waals surface area contributed by atoms with Gasteiger partial charge < -0.3 is 9.47 Å². The lowest BCUT2D eigenvalue weighted by molar-refractivity contribution is -0.158. The van der Waals surface area contributed by atoms with Gasteiger partial charge in [-0.25, -0.2) is 4.79 Å². The van der Waals surface area contributed by atoms with E-state index in [0.29, 0.717) is 12.2 Å². The number of benzene rings is 1. The van der Waals surface area contributed by atoms with Crippen LogP contribution in [0.15, 0.2) is 48.8 Å². The van der Waals surface area contributed by atoms with E-state index in [0.717, 1.165) is 11.1 Å². The zero-order valence-corrected chi connectivity index (χ0v) is 10.5. The van der Waals surface area contributed by atoms with Gasteiger partial charge in [0.1, 0.15) is 5.75 Å². The summed E-state index contributed by atoms with van der Waals surface area (Å²) in [6.07, 6.45) is 3.81. The molecule has 0 saturated carbocycles. The van der Waals surface area contributed by atoms with Crippen molar-refractivity contribution in [2.24, 2.45) is 0 Å². The van der Waals surface area contributed by atoms with Gasteiger partial charge in [-0.15, -0.1) is 0 Å². The third-order valence-corrected chi connectivity index (χ3v) is 3.34. The number of pyridine rings is 1. The molecule has 0 aliphatic carbocycles. The fourth-order valence-electron chi connectivity index (χ4n) is 2.40. The van der Waals surface area contributed by atoms with Crippen molar-refractivity contribution in [2.45, 2.75) is 12.0 Å². The van der Waals surface area contributed by atoms with Crippen molar-refractivity contribution in [1.82, 2.24) is 4.98 Å². The lowest BCUT2D eigenvalue weighted by Gasteiger charge is -2.26. The van der Waals surface area contributed by atoms with Gasteiger partial charge in [0, 0.05) is 29.9 Å². The number of rotatable bonds is 2. The number of fused-ring (bicyclic) bond motifs is 1. The van der Waals surface area contributed by atoms with Gasteiger partial charge in [0.2, 0.25) is 5.60 Å². The van der Waals surface area contributed by atoms with Crippen LogP contribution in [0.1, 0.15) is 11.1 Å². The minimum absolute atomic E-state index is 0.394. The van der Waals surface area contributed by atoms with E-state index in [1.165, 1.54) is 7.11 Å². The first kappa shape index (κ1) is 11.7. The van der Waals surface area contributed by atoms with Crippen molar-refractivity contribution in [3.8, 4) is 5.75 Å². The summed E-state index contributed by atoms with van der Waals surface area (Å²) in [6.45, 7) is 0. The summed E-state index contributed by atoms with van der Waals surface area (Å²) in [5.74, 6) is 0.291. The highest BCUT2D eigenvalue weighted by atomic mass is 16.6. The Kier molecular flexibility index (Phi) is 2.71. The molecule has 1 atom stereocenters. The Bertz CT molecular complexity index is 585. The van der Waals surface area contributed by atoms with Gasteiger partial charge in [0.05, 0.1) is 7.11 Å². The average molecular weight is 255 g/mol. The smallest absolute Gasteiger partial charge is 0.355 e. The number of ether oxygens (including phenoxy) is 2. The molecule has 1 aromatic carbocycles. The predicted octanol–water partition coefficient (Wildman–Crippen LogP) is 2.08. The van der Waals surface area contributed by atoms with Crippen LogP contribution in [0.3, 0.4) is 0 Å². The molecule has 0 saturated heterocycles. The quantitative estimate of drug-likeness (QED) is 0.771. The SMILES string of the molecule is COC(=O)C1(c2ccccc2)Cc2cnccc2O1. The van der Waals surface area contributed by atoms with Crippen LogP contribution in [0.2, 0.25) is 0 Å². The van der Waals surface area contributed by atoms with Crippen molar-refractivity contribution in [2.75, 3.05) is 7.11 Å². The first-order chi connectivity index (χ1) is 9.26. The molecule has 2 aromatic rings. The van der Waals surface area contributed by atoms with Crippen LogP contribution in [-0.2, 0) is 21.6 Å². The van der Waals surface area contributed by atoms with Crippen molar-refractivity contribution in [3.63, 3.8) is 0 Å². The molecule has 3 rings (SSSR count). The van der Waals surface area contributed by atoms with E-state index in [1.54, 1.807) is 18.5 Å². The monoisotopic (exact) mass is 255 g/mol. The third-order valence-electron chi connectivity index (χ3n) is 3.34. The molecule has 1 aliphatic heterocycles. The van der Waals surface area contributed by atoms with Crippen LogP contribution in [0.4, 0.5) is 0 Å². The van der Waals surface area contributed by atoms with Crippen LogP contribution < -0.4 is 4.74 Å². The van der Waals surface area contributed by atoms with Gasteiger partial charge in [0.25, 0.3) is 0 Å². The molecule has 0 N–H and O–H groups in total. The van der Waals surface area contributed by atoms with Crippen LogP contribution in [0.25, 0.3) is 0 Å². The predicted molar refractivity (Wildman–Crippen MR) is 68.7 cm³/mol. The highest BCUT2D eigenvalue weighted by Crippen LogP contribution is 2.41. The summed E-state index contributed by atoms with van der Waals surface area (Å²) < 4.78 is 10.9. The Morgan fingerprint density at radius 2 is 2.11 bits per heavy atom. The molecule has 4 nitrogen and oxygen atoms in total. The molecule has 19 heavy (non-hydrogen) atoms. The Morgan fingerprint density at radius 1 is 1.32 bits per heavy atom.